The van der Waals surface area contributed by atoms with Crippen molar-refractivity contribution in [2.24, 2.45) is 0 Å². The summed E-state index contributed by atoms with van der Waals surface area (Å²) in [5.41, 5.74) is 3.39. The fourth-order valence-corrected chi connectivity index (χ4v) is 4.81. The van der Waals surface area contributed by atoms with Gasteiger partial charge in [-0.15, -0.1) is 0 Å². The Morgan fingerprint density at radius 2 is 1.97 bits per heavy atom. The van der Waals surface area contributed by atoms with Crippen LogP contribution in [0.1, 0.15) is 16.1 Å². The number of carbonyl (C=O) groups is 2. The van der Waals surface area contributed by atoms with E-state index in [2.05, 4.69) is 20.2 Å². The van der Waals surface area contributed by atoms with Crippen LogP contribution in [-0.2, 0) is 9.53 Å². The molecule has 30 heavy (non-hydrogen) atoms. The minimum Gasteiger partial charge on any atom is -0.378 e. The summed E-state index contributed by atoms with van der Waals surface area (Å²) in [6, 6.07) is 13.0. The number of hydrogen-bond donors (Lipinski definition) is 2. The lowest BCUT2D eigenvalue weighted by Gasteiger charge is -2.25. The number of amides is 1. The standard InChI is InChI=1S/C22H20N4O3S/c1-13-19(15-4-2-3-5-16(15)23-13)20(27)21(28)24-14-6-7-17-18(12-14)30-22(25-17)26-8-10-29-11-9-26/h2-7,12,23H,8-11H2,1H3,(H,24,28). The van der Waals surface area contributed by atoms with Gasteiger partial charge in [0.05, 0.1) is 29.0 Å². The molecule has 0 saturated carbocycles. The molecule has 1 aliphatic rings. The lowest BCUT2D eigenvalue weighted by Crippen LogP contribution is -2.36. The molecule has 1 saturated heterocycles. The molecule has 2 aromatic heterocycles. The van der Waals surface area contributed by atoms with Crippen molar-refractivity contribution in [3.63, 3.8) is 0 Å². The number of para-hydroxylation sites is 1. The van der Waals surface area contributed by atoms with Gasteiger partial charge >= 0.3 is 0 Å². The Morgan fingerprint density at radius 3 is 2.80 bits per heavy atom. The zero-order valence-electron chi connectivity index (χ0n) is 16.4. The zero-order valence-corrected chi connectivity index (χ0v) is 17.2. The lowest BCUT2D eigenvalue weighted by atomic mass is 10.1. The first kappa shape index (κ1) is 18.8. The molecule has 0 bridgehead atoms. The molecule has 0 unspecified atom stereocenters. The average molecular weight is 420 g/mol. The Kier molecular flexibility index (Phi) is 4.72. The number of aryl methyl sites for hydroxylation is 1. The zero-order chi connectivity index (χ0) is 20.7. The number of anilines is 2. The van der Waals surface area contributed by atoms with E-state index in [0.29, 0.717) is 30.2 Å². The van der Waals surface area contributed by atoms with Gasteiger partial charge in [-0.1, -0.05) is 29.5 Å². The van der Waals surface area contributed by atoms with Crippen molar-refractivity contribution in [2.75, 3.05) is 36.5 Å². The molecule has 8 heteroatoms. The second kappa shape index (κ2) is 7.55. The third-order valence-corrected chi connectivity index (χ3v) is 6.32. The summed E-state index contributed by atoms with van der Waals surface area (Å²) in [6.45, 7) is 4.85. The van der Waals surface area contributed by atoms with E-state index >= 15 is 0 Å². The highest BCUT2D eigenvalue weighted by Crippen LogP contribution is 2.31. The number of morpholine rings is 1. The molecular weight excluding hydrogens is 400 g/mol. The van der Waals surface area contributed by atoms with Crippen LogP contribution in [0, 0.1) is 6.92 Å². The number of rotatable bonds is 4. The summed E-state index contributed by atoms with van der Waals surface area (Å²) in [4.78, 5) is 35.6. The number of ketones is 1. The first-order valence-corrected chi connectivity index (χ1v) is 10.6. The maximum Gasteiger partial charge on any atom is 0.296 e. The molecule has 1 amide bonds. The molecule has 0 aliphatic carbocycles. The number of Topliss-reactive ketones (excluding diaryl/α,β-unsaturated/α-hetero) is 1. The van der Waals surface area contributed by atoms with Gasteiger partial charge in [0, 0.05) is 35.4 Å². The van der Waals surface area contributed by atoms with Gasteiger partial charge in [0.1, 0.15) is 0 Å². The van der Waals surface area contributed by atoms with Crippen molar-refractivity contribution in [2.45, 2.75) is 6.92 Å². The molecule has 152 valence electrons. The van der Waals surface area contributed by atoms with E-state index in [1.165, 1.54) is 0 Å². The largest absolute Gasteiger partial charge is 0.378 e. The number of aromatic amines is 1. The third-order valence-electron chi connectivity index (χ3n) is 5.24. The number of thiazole rings is 1. The lowest BCUT2D eigenvalue weighted by molar-refractivity contribution is -0.112. The van der Waals surface area contributed by atoms with Crippen LogP contribution < -0.4 is 10.2 Å². The van der Waals surface area contributed by atoms with E-state index in [9.17, 15) is 9.59 Å². The van der Waals surface area contributed by atoms with Crippen LogP contribution in [-0.4, -0.2) is 48.0 Å². The van der Waals surface area contributed by atoms with Crippen LogP contribution in [0.2, 0.25) is 0 Å². The average Bonchev–Trinajstić information content (AvgIpc) is 3.33. The number of aromatic nitrogens is 2. The monoisotopic (exact) mass is 420 g/mol. The van der Waals surface area contributed by atoms with Crippen LogP contribution in [0.25, 0.3) is 21.1 Å². The number of ether oxygens (including phenoxy) is 1. The van der Waals surface area contributed by atoms with Gasteiger partial charge in [0.2, 0.25) is 0 Å². The van der Waals surface area contributed by atoms with Crippen molar-refractivity contribution in [1.29, 1.82) is 0 Å². The molecule has 2 aromatic carbocycles. The number of fused-ring (bicyclic) bond motifs is 2. The molecule has 5 rings (SSSR count). The first-order chi connectivity index (χ1) is 14.6. The van der Waals surface area contributed by atoms with Gasteiger partial charge in [0.15, 0.2) is 5.13 Å². The van der Waals surface area contributed by atoms with Gasteiger partial charge < -0.3 is 19.9 Å². The third kappa shape index (κ3) is 3.34. The van der Waals surface area contributed by atoms with Gasteiger partial charge in [0.25, 0.3) is 11.7 Å². The van der Waals surface area contributed by atoms with Gasteiger partial charge in [-0.2, -0.15) is 0 Å². The number of nitrogens with one attached hydrogen (secondary N) is 2. The van der Waals surface area contributed by atoms with Crippen molar-refractivity contribution >= 4 is 55.0 Å². The summed E-state index contributed by atoms with van der Waals surface area (Å²) in [5.74, 6) is -1.21. The SMILES string of the molecule is Cc1[nH]c2ccccc2c1C(=O)C(=O)Nc1ccc2nc(N3CCOCC3)sc2c1. The summed E-state index contributed by atoms with van der Waals surface area (Å²) < 4.78 is 6.36. The molecular formula is C22H20N4O3S. The Morgan fingerprint density at radius 1 is 1.17 bits per heavy atom. The predicted molar refractivity (Wildman–Crippen MR) is 119 cm³/mol. The van der Waals surface area contributed by atoms with Crippen molar-refractivity contribution in [1.82, 2.24) is 9.97 Å². The van der Waals surface area contributed by atoms with Gasteiger partial charge in [-0.3, -0.25) is 9.59 Å². The number of carbonyl (C=O) groups excluding carboxylic acids is 2. The number of benzene rings is 2. The smallest absolute Gasteiger partial charge is 0.296 e. The van der Waals surface area contributed by atoms with Crippen molar-refractivity contribution in [3.8, 4) is 0 Å². The molecule has 0 radical (unpaired) electrons. The topological polar surface area (TPSA) is 87.3 Å². The maximum absolute atomic E-state index is 12.9. The van der Waals surface area contributed by atoms with E-state index in [0.717, 1.165) is 39.3 Å². The maximum atomic E-state index is 12.9. The fourth-order valence-electron chi connectivity index (χ4n) is 3.75. The summed E-state index contributed by atoms with van der Waals surface area (Å²) in [6.07, 6.45) is 0. The van der Waals surface area contributed by atoms with E-state index in [-0.39, 0.29) is 0 Å². The van der Waals surface area contributed by atoms with Crippen molar-refractivity contribution < 1.29 is 14.3 Å². The molecule has 3 heterocycles. The second-order valence-corrected chi connectivity index (χ2v) is 8.24. The van der Waals surface area contributed by atoms with Crippen molar-refractivity contribution in [3.05, 3.63) is 53.7 Å². The van der Waals surface area contributed by atoms with Crippen LogP contribution >= 0.6 is 11.3 Å². The highest BCUT2D eigenvalue weighted by atomic mass is 32.1. The summed E-state index contributed by atoms with van der Waals surface area (Å²) in [5, 5.41) is 4.45. The summed E-state index contributed by atoms with van der Waals surface area (Å²) >= 11 is 1.57. The Labute approximate surface area is 176 Å². The quantitative estimate of drug-likeness (QED) is 0.388. The normalized spacial score (nSPS) is 14.4. The van der Waals surface area contributed by atoms with E-state index in [4.69, 9.17) is 4.74 Å². The second-order valence-electron chi connectivity index (χ2n) is 7.23. The minimum atomic E-state index is -0.653. The van der Waals surface area contributed by atoms with Crippen LogP contribution in [0.5, 0.6) is 0 Å². The molecule has 1 aliphatic heterocycles. The van der Waals surface area contributed by atoms with E-state index in [1.807, 2.05) is 36.4 Å². The van der Waals surface area contributed by atoms with Crippen LogP contribution in [0.15, 0.2) is 42.5 Å². The molecule has 0 atom stereocenters. The fraction of sp³-hybridized carbons (Fsp3) is 0.227. The molecule has 0 spiro atoms. The molecule has 4 aromatic rings. The Balaban J connectivity index is 1.38. The highest BCUT2D eigenvalue weighted by Gasteiger charge is 2.23. The minimum absolute atomic E-state index is 0.413. The number of nitrogens with zero attached hydrogens (tertiary/aromatic N) is 2. The Bertz CT molecular complexity index is 1270. The van der Waals surface area contributed by atoms with Crippen LogP contribution in [0.3, 0.4) is 0 Å². The summed E-state index contributed by atoms with van der Waals surface area (Å²) in [7, 11) is 0. The number of H-pyrrole nitrogens is 1. The predicted octanol–water partition coefficient (Wildman–Crippen LogP) is 3.74. The molecule has 1 fully saturated rings. The van der Waals surface area contributed by atoms with Crippen LogP contribution in [0.4, 0.5) is 10.8 Å². The molecule has 2 N–H and O–H groups in total. The highest BCUT2D eigenvalue weighted by molar-refractivity contribution is 7.22. The molecule has 7 nitrogen and oxygen atoms in total. The van der Waals surface area contributed by atoms with Gasteiger partial charge in [-0.05, 0) is 31.2 Å². The van der Waals surface area contributed by atoms with E-state index in [1.54, 1.807) is 24.3 Å². The number of hydrogen-bond acceptors (Lipinski definition) is 6. The van der Waals surface area contributed by atoms with E-state index < -0.39 is 11.7 Å². The Hall–Kier alpha value is -3.23. The van der Waals surface area contributed by atoms with Gasteiger partial charge in [-0.25, -0.2) is 4.98 Å². The first-order valence-electron chi connectivity index (χ1n) is 9.76.